The van der Waals surface area contributed by atoms with Crippen molar-refractivity contribution in [2.45, 2.75) is 25.5 Å². The molecule has 2 N–H and O–H groups in total. The Morgan fingerprint density at radius 2 is 1.81 bits per heavy atom. The molecular weight excluding hydrogens is 269 g/mol. The van der Waals surface area contributed by atoms with Crippen LogP contribution in [0.15, 0.2) is 48.5 Å². The molecule has 2 atom stereocenters. The second-order valence-electron chi connectivity index (χ2n) is 4.84. The van der Waals surface area contributed by atoms with Gasteiger partial charge in [0.05, 0.1) is 7.11 Å². The average Bonchev–Trinajstić information content (AvgIpc) is 2.52. The molecule has 21 heavy (non-hydrogen) atoms. The van der Waals surface area contributed by atoms with Crippen molar-refractivity contribution in [1.29, 1.82) is 0 Å². The number of rotatable bonds is 6. The number of methoxy groups -OCH3 is 1. The Morgan fingerprint density at radius 1 is 1.10 bits per heavy atom. The van der Waals surface area contributed by atoms with E-state index in [2.05, 4.69) is 0 Å². The molecule has 0 aliphatic rings. The number of benzene rings is 2. The van der Waals surface area contributed by atoms with Gasteiger partial charge in [0.25, 0.3) is 0 Å². The highest BCUT2D eigenvalue weighted by atomic mass is 19.1. The van der Waals surface area contributed by atoms with Gasteiger partial charge in [-0.2, -0.15) is 0 Å². The molecule has 0 aliphatic carbocycles. The molecule has 0 saturated carbocycles. The summed E-state index contributed by atoms with van der Waals surface area (Å²) in [7, 11) is 1.60. The molecule has 0 heterocycles. The highest BCUT2D eigenvalue weighted by Gasteiger charge is 2.21. The first-order valence-electron chi connectivity index (χ1n) is 6.95. The summed E-state index contributed by atoms with van der Waals surface area (Å²) in [5, 5.41) is 0. The van der Waals surface area contributed by atoms with Gasteiger partial charge < -0.3 is 15.2 Å². The highest BCUT2D eigenvalue weighted by Crippen LogP contribution is 2.28. The molecule has 0 saturated heterocycles. The van der Waals surface area contributed by atoms with Crippen LogP contribution in [0.5, 0.6) is 11.5 Å². The molecule has 0 radical (unpaired) electrons. The van der Waals surface area contributed by atoms with Crippen molar-refractivity contribution in [3.8, 4) is 11.5 Å². The zero-order chi connectivity index (χ0) is 15.2. The van der Waals surface area contributed by atoms with Gasteiger partial charge in [-0.15, -0.1) is 0 Å². The van der Waals surface area contributed by atoms with E-state index in [0.29, 0.717) is 11.5 Å². The molecule has 0 bridgehead atoms. The topological polar surface area (TPSA) is 44.5 Å². The van der Waals surface area contributed by atoms with Gasteiger partial charge in [0, 0.05) is 12.1 Å². The Labute approximate surface area is 124 Å². The van der Waals surface area contributed by atoms with Crippen molar-refractivity contribution < 1.29 is 13.9 Å². The molecule has 0 fully saturated rings. The van der Waals surface area contributed by atoms with Gasteiger partial charge in [-0.1, -0.05) is 25.1 Å². The summed E-state index contributed by atoms with van der Waals surface area (Å²) < 4.78 is 24.6. The van der Waals surface area contributed by atoms with Crippen LogP contribution in [0.1, 0.15) is 25.0 Å². The van der Waals surface area contributed by atoms with E-state index in [4.69, 9.17) is 15.2 Å². The Bertz CT molecular complexity index is 589. The zero-order valence-electron chi connectivity index (χ0n) is 12.3. The lowest BCUT2D eigenvalue weighted by molar-refractivity contribution is 0.170. The maximum absolute atomic E-state index is 13.4. The van der Waals surface area contributed by atoms with Crippen molar-refractivity contribution in [2.75, 3.05) is 7.11 Å². The lowest BCUT2D eigenvalue weighted by Crippen LogP contribution is -2.31. The lowest BCUT2D eigenvalue weighted by Gasteiger charge is -2.25. The van der Waals surface area contributed by atoms with Gasteiger partial charge in [0.1, 0.15) is 23.4 Å². The van der Waals surface area contributed by atoms with Crippen LogP contribution < -0.4 is 15.2 Å². The summed E-state index contributed by atoms with van der Waals surface area (Å²) >= 11 is 0. The number of nitrogens with two attached hydrogens (primary N) is 1. The van der Waals surface area contributed by atoms with E-state index in [9.17, 15) is 4.39 Å². The summed E-state index contributed by atoms with van der Waals surface area (Å²) in [6.07, 6.45) is 0.323. The molecule has 0 spiro atoms. The monoisotopic (exact) mass is 289 g/mol. The van der Waals surface area contributed by atoms with E-state index < -0.39 is 6.10 Å². The van der Waals surface area contributed by atoms with Gasteiger partial charge in [-0.25, -0.2) is 4.39 Å². The van der Waals surface area contributed by atoms with Gasteiger partial charge in [-0.05, 0) is 36.2 Å². The smallest absolute Gasteiger partial charge is 0.139 e. The molecule has 4 heteroatoms. The fourth-order valence-electron chi connectivity index (χ4n) is 2.12. The number of ether oxygens (including phenoxy) is 2. The fraction of sp³-hybridized carbons (Fsp3) is 0.294. The quantitative estimate of drug-likeness (QED) is 0.882. The van der Waals surface area contributed by atoms with E-state index in [1.807, 2.05) is 31.2 Å². The summed E-state index contributed by atoms with van der Waals surface area (Å²) in [6, 6.07) is 13.4. The summed E-state index contributed by atoms with van der Waals surface area (Å²) in [5.74, 6) is 1.05. The first kappa shape index (κ1) is 15.3. The van der Waals surface area contributed by atoms with Crippen molar-refractivity contribution in [1.82, 2.24) is 0 Å². The van der Waals surface area contributed by atoms with E-state index in [1.54, 1.807) is 19.2 Å². The van der Waals surface area contributed by atoms with Crippen LogP contribution in [0, 0.1) is 5.82 Å². The van der Waals surface area contributed by atoms with Crippen LogP contribution in [0.3, 0.4) is 0 Å². The molecule has 3 nitrogen and oxygen atoms in total. The summed E-state index contributed by atoms with van der Waals surface area (Å²) in [4.78, 5) is 0. The minimum absolute atomic E-state index is 0.224. The normalized spacial score (nSPS) is 13.5. The number of halogens is 1. The molecular formula is C17H20FNO2. The number of hydrogen-bond acceptors (Lipinski definition) is 3. The molecule has 2 aromatic rings. The van der Waals surface area contributed by atoms with Gasteiger partial charge in [-0.3, -0.25) is 0 Å². The second-order valence-corrected chi connectivity index (χ2v) is 4.84. The van der Waals surface area contributed by atoms with Crippen molar-refractivity contribution >= 4 is 0 Å². The van der Waals surface area contributed by atoms with Gasteiger partial charge in [0.2, 0.25) is 0 Å². The van der Waals surface area contributed by atoms with E-state index in [-0.39, 0.29) is 11.9 Å². The highest BCUT2D eigenvalue weighted by molar-refractivity contribution is 5.34. The number of hydrogen-bond donors (Lipinski definition) is 1. The fourth-order valence-corrected chi connectivity index (χ4v) is 2.12. The third kappa shape index (κ3) is 3.95. The van der Waals surface area contributed by atoms with Gasteiger partial charge >= 0.3 is 0 Å². The first-order chi connectivity index (χ1) is 10.1. The summed E-state index contributed by atoms with van der Waals surface area (Å²) in [6.45, 7) is 1.98. The van der Waals surface area contributed by atoms with Crippen LogP contribution in [0.4, 0.5) is 4.39 Å². The first-order valence-corrected chi connectivity index (χ1v) is 6.95. The van der Waals surface area contributed by atoms with Crippen LogP contribution in [-0.2, 0) is 0 Å². The third-order valence-corrected chi connectivity index (χ3v) is 3.34. The third-order valence-electron chi connectivity index (χ3n) is 3.34. The van der Waals surface area contributed by atoms with Crippen molar-refractivity contribution in [3.63, 3.8) is 0 Å². The standard InChI is InChI=1S/C17H20FNO2/c1-3-16(19)17(12-6-4-7-13(18)10-12)21-15-9-5-8-14(11-15)20-2/h4-11,16-17H,3,19H2,1-2H3. The minimum atomic E-state index is -0.405. The van der Waals surface area contributed by atoms with Crippen LogP contribution >= 0.6 is 0 Å². The minimum Gasteiger partial charge on any atom is -0.497 e. The molecule has 0 aliphatic heterocycles. The predicted molar refractivity (Wildman–Crippen MR) is 81.0 cm³/mol. The van der Waals surface area contributed by atoms with Crippen LogP contribution in [0.2, 0.25) is 0 Å². The predicted octanol–water partition coefficient (Wildman–Crippen LogP) is 3.69. The Kier molecular flexibility index (Phi) is 5.17. The molecule has 0 aromatic heterocycles. The molecule has 112 valence electrons. The van der Waals surface area contributed by atoms with E-state index >= 15 is 0 Å². The molecule has 2 unspecified atom stereocenters. The largest absolute Gasteiger partial charge is 0.497 e. The molecule has 0 amide bonds. The molecule has 2 aromatic carbocycles. The average molecular weight is 289 g/mol. The van der Waals surface area contributed by atoms with Crippen molar-refractivity contribution in [3.05, 3.63) is 59.9 Å². The zero-order valence-corrected chi connectivity index (χ0v) is 12.3. The lowest BCUT2D eigenvalue weighted by atomic mass is 10.0. The second kappa shape index (κ2) is 7.09. The summed E-state index contributed by atoms with van der Waals surface area (Å²) in [5.41, 5.74) is 6.87. The van der Waals surface area contributed by atoms with Crippen LogP contribution in [-0.4, -0.2) is 13.2 Å². The maximum atomic E-state index is 13.4. The maximum Gasteiger partial charge on any atom is 0.139 e. The molecule has 2 rings (SSSR count). The Hall–Kier alpha value is -2.07. The van der Waals surface area contributed by atoms with E-state index in [1.165, 1.54) is 12.1 Å². The SMILES string of the molecule is CCC(N)C(Oc1cccc(OC)c1)c1cccc(F)c1. The Balaban J connectivity index is 2.28. The van der Waals surface area contributed by atoms with Gasteiger partial charge in [0.15, 0.2) is 0 Å². The Morgan fingerprint density at radius 3 is 2.48 bits per heavy atom. The van der Waals surface area contributed by atoms with Crippen molar-refractivity contribution in [2.24, 2.45) is 5.73 Å². The van der Waals surface area contributed by atoms with E-state index in [0.717, 1.165) is 12.0 Å². The van der Waals surface area contributed by atoms with Crippen LogP contribution in [0.25, 0.3) is 0 Å².